The van der Waals surface area contributed by atoms with Gasteiger partial charge in [-0.1, -0.05) is 0 Å². The molecule has 0 aliphatic carbocycles. The predicted molar refractivity (Wildman–Crippen MR) is 228 cm³/mol. The number of benzene rings is 6. The fourth-order valence-corrected chi connectivity index (χ4v) is 7.68. The molecule has 12 nitrogen and oxygen atoms in total. The summed E-state index contributed by atoms with van der Waals surface area (Å²) in [4.78, 5) is 22.3. The normalized spacial score (nSPS) is 11.7. The number of hydrogen-bond donors (Lipinski definition) is 0. The minimum Gasteiger partial charge on any atom is -0.497 e. The molecule has 6 aromatic carbocycles. The van der Waals surface area contributed by atoms with Gasteiger partial charge in [0, 0.05) is 55.3 Å². The Balaban J connectivity index is 1.23. The van der Waals surface area contributed by atoms with Crippen molar-refractivity contribution in [2.45, 2.75) is 0 Å². The lowest BCUT2D eigenvalue weighted by molar-refractivity contribution is 0.414. The Hall–Kier alpha value is -7.47. The smallest absolute Gasteiger partial charge is 0.225 e. The zero-order chi connectivity index (χ0) is 38.9. The first-order valence-corrected chi connectivity index (χ1v) is 18.6. The van der Waals surface area contributed by atoms with E-state index in [4.69, 9.17) is 29.2 Å². The lowest BCUT2D eigenvalue weighted by Gasteiger charge is -2.20. The monoisotopic (exact) mass is 753 g/mol. The summed E-state index contributed by atoms with van der Waals surface area (Å²) >= 11 is 0. The first kappa shape index (κ1) is 34.1. The van der Waals surface area contributed by atoms with Crippen LogP contribution in [0, 0.1) is 0 Å². The Morgan fingerprint density at radius 2 is 0.596 bits per heavy atom. The molecule has 0 bridgehead atoms. The molecule has 0 unspecified atom stereocenters. The molecule has 0 amide bonds. The quantitative estimate of drug-likeness (QED) is 0.143. The second kappa shape index (κ2) is 13.1. The summed E-state index contributed by atoms with van der Waals surface area (Å²) in [6.07, 6.45) is 0. The number of imidazole rings is 3. The number of aromatic nitrogens is 6. The van der Waals surface area contributed by atoms with Crippen LogP contribution in [-0.2, 0) is 0 Å². The molecule has 0 atom stereocenters. The predicted octanol–water partition coefficient (Wildman–Crippen LogP) is 9.42. The van der Waals surface area contributed by atoms with E-state index in [1.54, 1.807) is 21.3 Å². The lowest BCUT2D eigenvalue weighted by Crippen LogP contribution is -2.10. The van der Waals surface area contributed by atoms with Crippen LogP contribution in [0.3, 0.4) is 0 Å². The molecule has 4 heterocycles. The number of hydrogen-bond acceptors (Lipinski definition) is 9. The van der Waals surface area contributed by atoms with Gasteiger partial charge in [-0.15, -0.1) is 0 Å². The third-order valence-electron chi connectivity index (χ3n) is 11.0. The van der Waals surface area contributed by atoms with E-state index in [-0.39, 0.29) is 0 Å². The van der Waals surface area contributed by atoms with E-state index in [1.165, 1.54) is 0 Å². The highest BCUT2D eigenvalue weighted by Crippen LogP contribution is 2.36. The van der Waals surface area contributed by atoms with Gasteiger partial charge in [0.2, 0.25) is 17.3 Å². The fraction of sp³-hybridized carbons (Fsp3) is 0.133. The van der Waals surface area contributed by atoms with Crippen molar-refractivity contribution in [1.29, 1.82) is 0 Å². The molecule has 10 aromatic rings. The SMILES string of the molecule is COc1ccc(N(C)c2ccc3nc4n(c3c2)c2nc3ccc(N(C)c5ccc(OC)cc5)cc3n2c2nc3ccc(N(C)c5ccc(OC)cc5)cc3n42)cc1. The molecule has 4 aromatic heterocycles. The first-order valence-electron chi connectivity index (χ1n) is 18.6. The molecule has 0 radical (unpaired) electrons. The van der Waals surface area contributed by atoms with Crippen molar-refractivity contribution in [2.24, 2.45) is 0 Å². The molecular formula is C45H39N9O3. The lowest BCUT2D eigenvalue weighted by atomic mass is 10.2. The highest BCUT2D eigenvalue weighted by atomic mass is 16.5. The maximum Gasteiger partial charge on any atom is 0.225 e. The molecule has 0 saturated carbocycles. The van der Waals surface area contributed by atoms with Crippen LogP contribution in [0.4, 0.5) is 34.1 Å². The van der Waals surface area contributed by atoms with Crippen molar-refractivity contribution < 1.29 is 14.2 Å². The van der Waals surface area contributed by atoms with Crippen molar-refractivity contribution in [3.05, 3.63) is 127 Å². The van der Waals surface area contributed by atoms with Gasteiger partial charge in [-0.3, -0.25) is 0 Å². The van der Waals surface area contributed by atoms with Gasteiger partial charge in [0.25, 0.3) is 0 Å². The van der Waals surface area contributed by atoms with E-state index in [0.29, 0.717) is 0 Å². The standard InChI is InChI=1S/C45H39N9O3/c1-49(28-7-16-34(55-4)17-8-28)31-13-22-37-40(25-31)52-43(46-37)53-42-27-33(51(3)30-11-20-36(57-6)21-12-30)15-24-39(42)48-45(53)54-41-26-32(14-23-38(41)47-44(52)54)50(2)29-9-18-35(56-5)19-10-29/h7-27H,1-6H3. The number of nitrogens with zero attached hydrogens (tertiary/aromatic N) is 9. The Bertz CT molecular complexity index is 2760. The van der Waals surface area contributed by atoms with E-state index in [1.807, 2.05) is 36.4 Å². The summed E-state index contributed by atoms with van der Waals surface area (Å²) in [5.74, 6) is 4.59. The van der Waals surface area contributed by atoms with E-state index >= 15 is 0 Å². The van der Waals surface area contributed by atoms with E-state index in [9.17, 15) is 0 Å². The number of methoxy groups -OCH3 is 3. The van der Waals surface area contributed by atoms with Crippen LogP contribution in [0.15, 0.2) is 127 Å². The van der Waals surface area contributed by atoms with Gasteiger partial charge in [-0.2, -0.15) is 0 Å². The van der Waals surface area contributed by atoms with Crippen molar-refractivity contribution in [2.75, 3.05) is 57.2 Å². The molecule has 10 rings (SSSR count). The van der Waals surface area contributed by atoms with Crippen LogP contribution < -0.4 is 28.9 Å². The van der Waals surface area contributed by atoms with Crippen LogP contribution in [0.25, 0.3) is 50.4 Å². The molecule has 0 N–H and O–H groups in total. The molecule has 57 heavy (non-hydrogen) atoms. The highest BCUT2D eigenvalue weighted by Gasteiger charge is 2.23. The van der Waals surface area contributed by atoms with Gasteiger partial charge in [-0.25, -0.2) is 28.2 Å². The Kier molecular flexibility index (Phi) is 7.82. The number of rotatable bonds is 9. The molecule has 0 spiro atoms. The summed E-state index contributed by atoms with van der Waals surface area (Å²) in [6, 6.07) is 43.2. The van der Waals surface area contributed by atoms with Crippen LogP contribution >= 0.6 is 0 Å². The second-order valence-electron chi connectivity index (χ2n) is 14.0. The van der Waals surface area contributed by atoms with Gasteiger partial charge in [0.05, 0.1) is 54.4 Å². The topological polar surface area (TPSA) is 89.3 Å². The molecule has 0 fully saturated rings. The molecule has 282 valence electrons. The average Bonchev–Trinajstić information content (AvgIpc) is 3.96. The van der Waals surface area contributed by atoms with Gasteiger partial charge >= 0.3 is 0 Å². The van der Waals surface area contributed by atoms with E-state index in [2.05, 4.69) is 140 Å². The van der Waals surface area contributed by atoms with Crippen LogP contribution in [0.1, 0.15) is 0 Å². The van der Waals surface area contributed by atoms with Crippen LogP contribution in [0.2, 0.25) is 0 Å². The van der Waals surface area contributed by atoms with Crippen molar-refractivity contribution in [3.63, 3.8) is 0 Å². The fourth-order valence-electron chi connectivity index (χ4n) is 7.68. The number of ether oxygens (including phenoxy) is 3. The Labute approximate surface area is 327 Å². The summed E-state index contributed by atoms with van der Waals surface area (Å²) in [7, 11) is 11.2. The summed E-state index contributed by atoms with van der Waals surface area (Å²) < 4.78 is 22.7. The molecule has 0 aliphatic rings. The minimum absolute atomic E-state index is 0.717. The zero-order valence-electron chi connectivity index (χ0n) is 32.4. The molecule has 0 aliphatic heterocycles. The minimum atomic E-state index is 0.717. The maximum atomic E-state index is 5.42. The van der Waals surface area contributed by atoms with Gasteiger partial charge < -0.3 is 28.9 Å². The first-order chi connectivity index (χ1) is 27.8. The zero-order valence-corrected chi connectivity index (χ0v) is 32.4. The van der Waals surface area contributed by atoms with Gasteiger partial charge in [0.15, 0.2) is 0 Å². The summed E-state index contributed by atoms with van der Waals surface area (Å²) in [5, 5.41) is 0. The Morgan fingerprint density at radius 1 is 0.351 bits per heavy atom. The summed E-state index contributed by atoms with van der Waals surface area (Å²) in [5.41, 5.74) is 11.4. The second-order valence-corrected chi connectivity index (χ2v) is 14.0. The van der Waals surface area contributed by atoms with Crippen LogP contribution in [-0.4, -0.2) is 70.6 Å². The van der Waals surface area contributed by atoms with Crippen LogP contribution in [0.5, 0.6) is 17.2 Å². The van der Waals surface area contributed by atoms with Crippen molar-refractivity contribution in [3.8, 4) is 17.2 Å². The molecule has 12 heteroatoms. The largest absolute Gasteiger partial charge is 0.497 e. The van der Waals surface area contributed by atoms with E-state index < -0.39 is 0 Å². The third-order valence-corrected chi connectivity index (χ3v) is 11.0. The number of anilines is 6. The highest BCUT2D eigenvalue weighted by molar-refractivity contribution is 5.94. The van der Waals surface area contributed by atoms with Gasteiger partial charge in [0.1, 0.15) is 17.2 Å². The average molecular weight is 754 g/mol. The van der Waals surface area contributed by atoms with Gasteiger partial charge in [-0.05, 0) is 127 Å². The Morgan fingerprint density at radius 3 is 0.842 bits per heavy atom. The third kappa shape index (κ3) is 5.40. The summed E-state index contributed by atoms with van der Waals surface area (Å²) in [6.45, 7) is 0. The molecule has 0 saturated heterocycles. The molecular weight excluding hydrogens is 715 g/mol. The van der Waals surface area contributed by atoms with Crippen molar-refractivity contribution in [1.82, 2.24) is 28.2 Å². The number of fused-ring (bicyclic) bond motifs is 12. The van der Waals surface area contributed by atoms with Crippen molar-refractivity contribution >= 4 is 84.6 Å². The van der Waals surface area contributed by atoms with E-state index in [0.717, 1.165) is 102 Å². The maximum absolute atomic E-state index is 5.42.